The summed E-state index contributed by atoms with van der Waals surface area (Å²) in [7, 11) is 3.07. The average Bonchev–Trinajstić information content (AvgIpc) is 2.59. The fourth-order valence-electron chi connectivity index (χ4n) is 8.88. The summed E-state index contributed by atoms with van der Waals surface area (Å²) in [5.41, 5.74) is 1.02. The molecule has 1 heterocycles. The molecule has 8 atom stereocenters. The Morgan fingerprint density at radius 1 is 0.733 bits per heavy atom. The number of carbonyl (C=O) groups excluding carboxylic acids is 8. The first kappa shape index (κ1) is 73.8. The van der Waals surface area contributed by atoms with Gasteiger partial charge >= 0.3 is 17.9 Å². The van der Waals surface area contributed by atoms with Gasteiger partial charge in [0.1, 0.15) is 36.1 Å². The van der Waals surface area contributed by atoms with Crippen molar-refractivity contribution >= 4 is 65.0 Å². The number of amides is 6. The third-order valence-corrected chi connectivity index (χ3v) is 14.4. The minimum atomic E-state index is -1.29. The van der Waals surface area contributed by atoms with Crippen LogP contribution in [0.25, 0.3) is 0 Å². The number of halogens is 1. The SMILES string of the molecule is CC[C@H](OC(=O)[C@H](CC(C)C)OC(=O)C(C)(C)CNC(=O)[C@@H](Cc1ccc(OC)c(Cl)c1)NC(C)=O)[C@H](C)[C@H]1O[C@@H]1c1ccc(CNC(=O)[C@H](C)NC(=O)[C@@H](NC(=O)CCN(CCC(=O)O)C(=O)CCOCCOCCOCCOC)C(C)C)cc1. The van der Waals surface area contributed by atoms with Crippen LogP contribution in [0, 0.1) is 23.2 Å². The summed E-state index contributed by atoms with van der Waals surface area (Å²) in [6, 6.07) is 9.50. The van der Waals surface area contributed by atoms with Crippen molar-refractivity contribution in [1.29, 1.82) is 0 Å². The Kier molecular flexibility index (Phi) is 32.6. The quantitative estimate of drug-likeness (QED) is 0.0300. The number of carboxylic acid groups (broad SMARTS) is 1. The van der Waals surface area contributed by atoms with Gasteiger partial charge < -0.3 is 74.5 Å². The van der Waals surface area contributed by atoms with E-state index in [1.807, 2.05) is 52.0 Å². The van der Waals surface area contributed by atoms with E-state index >= 15 is 0 Å². The summed E-state index contributed by atoms with van der Waals surface area (Å²) in [4.78, 5) is 118. The molecule has 0 bridgehead atoms. The molecule has 25 heteroatoms. The highest BCUT2D eigenvalue weighted by Crippen LogP contribution is 2.45. The van der Waals surface area contributed by atoms with E-state index in [2.05, 4.69) is 26.6 Å². The Morgan fingerprint density at radius 2 is 1.35 bits per heavy atom. The van der Waals surface area contributed by atoms with Gasteiger partial charge in [-0.15, -0.1) is 0 Å². The third kappa shape index (κ3) is 26.7. The van der Waals surface area contributed by atoms with E-state index < -0.39 is 89.1 Å². The van der Waals surface area contributed by atoms with E-state index in [1.165, 1.54) is 25.9 Å². The summed E-state index contributed by atoms with van der Waals surface area (Å²) in [5, 5.41) is 23.2. The van der Waals surface area contributed by atoms with Crippen LogP contribution in [-0.4, -0.2) is 180 Å². The number of nitrogens with one attached hydrogen (secondary N) is 5. The first-order valence-electron chi connectivity index (χ1n) is 29.3. The maximum absolute atomic E-state index is 13.8. The molecule has 86 heavy (non-hydrogen) atoms. The number of methoxy groups -OCH3 is 2. The van der Waals surface area contributed by atoms with Crippen LogP contribution in [-0.2, 0) is 89.3 Å². The molecule has 6 N–H and O–H groups in total. The van der Waals surface area contributed by atoms with Crippen molar-refractivity contribution in [1.82, 2.24) is 31.5 Å². The summed E-state index contributed by atoms with van der Waals surface area (Å²) in [5.74, 6) is -5.73. The molecular weight excluding hydrogens is 1140 g/mol. The number of carbonyl (C=O) groups is 9. The summed E-state index contributed by atoms with van der Waals surface area (Å²) < 4.78 is 44.4. The summed E-state index contributed by atoms with van der Waals surface area (Å²) in [6.45, 7) is 19.1. The van der Waals surface area contributed by atoms with Gasteiger partial charge in [-0.1, -0.05) is 83.5 Å². The van der Waals surface area contributed by atoms with E-state index in [4.69, 9.17) is 49.5 Å². The van der Waals surface area contributed by atoms with Crippen LogP contribution in [0.5, 0.6) is 5.75 Å². The first-order chi connectivity index (χ1) is 40.7. The number of benzene rings is 2. The number of esters is 2. The van der Waals surface area contributed by atoms with Crippen LogP contribution < -0.4 is 31.3 Å². The van der Waals surface area contributed by atoms with Gasteiger partial charge in [0.25, 0.3) is 0 Å². The van der Waals surface area contributed by atoms with Gasteiger partial charge in [0.05, 0.1) is 82.7 Å². The van der Waals surface area contributed by atoms with Crippen molar-refractivity contribution < 1.29 is 86.2 Å². The lowest BCUT2D eigenvalue weighted by molar-refractivity contribution is -0.179. The highest BCUT2D eigenvalue weighted by atomic mass is 35.5. The molecule has 1 aliphatic rings. The average molecular weight is 1230 g/mol. The number of carboxylic acids is 1. The lowest BCUT2D eigenvalue weighted by Crippen LogP contribution is -2.54. The van der Waals surface area contributed by atoms with Crippen LogP contribution in [0.3, 0.4) is 0 Å². The second-order valence-electron chi connectivity index (χ2n) is 22.6. The van der Waals surface area contributed by atoms with Gasteiger partial charge in [-0.05, 0) is 74.3 Å². The molecule has 1 saturated heterocycles. The Labute approximate surface area is 510 Å². The molecule has 0 aromatic heterocycles. The van der Waals surface area contributed by atoms with E-state index in [-0.39, 0.29) is 101 Å². The van der Waals surface area contributed by atoms with Crippen molar-refractivity contribution in [2.24, 2.45) is 23.2 Å². The van der Waals surface area contributed by atoms with E-state index in [9.17, 15) is 48.3 Å². The summed E-state index contributed by atoms with van der Waals surface area (Å²) in [6.07, 6.45) is -2.24. The summed E-state index contributed by atoms with van der Waals surface area (Å²) >= 11 is 6.29. The molecular formula is C61H93ClN6O18. The largest absolute Gasteiger partial charge is 0.495 e. The van der Waals surface area contributed by atoms with Crippen LogP contribution in [0.4, 0.5) is 0 Å². The molecule has 1 aliphatic heterocycles. The van der Waals surface area contributed by atoms with Crippen molar-refractivity contribution in [3.8, 4) is 5.75 Å². The number of rotatable bonds is 42. The van der Waals surface area contributed by atoms with Crippen molar-refractivity contribution in [2.75, 3.05) is 80.1 Å². The lowest BCUT2D eigenvalue weighted by Gasteiger charge is -2.29. The zero-order chi connectivity index (χ0) is 64.1. The van der Waals surface area contributed by atoms with Gasteiger partial charge in [0.2, 0.25) is 35.4 Å². The number of epoxide rings is 1. The Bertz CT molecular complexity index is 2520. The molecule has 0 spiro atoms. The number of ether oxygens (including phenoxy) is 8. The molecule has 0 unspecified atom stereocenters. The number of hydrogen-bond donors (Lipinski definition) is 6. The van der Waals surface area contributed by atoms with Crippen LogP contribution in [0.1, 0.15) is 124 Å². The van der Waals surface area contributed by atoms with Crippen LogP contribution in [0.15, 0.2) is 42.5 Å². The Morgan fingerprint density at radius 3 is 1.92 bits per heavy atom. The third-order valence-electron chi connectivity index (χ3n) is 14.1. The molecule has 482 valence electrons. The molecule has 6 amide bonds. The number of hydrogen-bond acceptors (Lipinski definition) is 17. The zero-order valence-corrected chi connectivity index (χ0v) is 52.8. The fraction of sp³-hybridized carbons (Fsp3) is 0.656. The standard InChI is InChI=1S/C61H93ClN6O18/c1-13-47(84-59(77)49(32-37(2)3)85-60(78)61(9,10)36-64-57(75)46(66-41(8)69)34-43-16-19-48(80-12)45(62)33-43)39(6)54-55(86-54)44-17-14-42(15-18-44)35-63-56(74)40(7)65-58(76)53(38(4)5)67-50(70)20-23-68(24-21-52(72)73)51(71)22-25-81-28-29-83-31-30-82-27-26-79-11/h14-19,33,37-40,46-47,49,53-55H,13,20-32,34-36H2,1-12H3,(H,63,74)(H,64,75)(H,65,76)(H,66,69)(H,67,70)(H,72,73)/t39-,40-,46+,47-,49-,53-,54+,55+/m0/s1. The predicted molar refractivity (Wildman–Crippen MR) is 317 cm³/mol. The van der Waals surface area contributed by atoms with Crippen molar-refractivity contribution in [3.63, 3.8) is 0 Å². The molecule has 0 aliphatic carbocycles. The van der Waals surface area contributed by atoms with Crippen LogP contribution >= 0.6 is 11.6 Å². The zero-order valence-electron chi connectivity index (χ0n) is 52.0. The topological polar surface area (TPSA) is 314 Å². The lowest BCUT2D eigenvalue weighted by atomic mass is 9.93. The molecule has 2 aromatic carbocycles. The number of nitrogens with zero attached hydrogens (tertiary/aromatic N) is 1. The highest BCUT2D eigenvalue weighted by molar-refractivity contribution is 6.32. The highest BCUT2D eigenvalue weighted by Gasteiger charge is 2.48. The smallest absolute Gasteiger partial charge is 0.347 e. The molecule has 0 radical (unpaired) electrons. The van der Waals surface area contributed by atoms with Gasteiger partial charge in [-0.3, -0.25) is 38.4 Å². The van der Waals surface area contributed by atoms with E-state index in [0.717, 1.165) is 11.1 Å². The fourth-order valence-corrected chi connectivity index (χ4v) is 9.16. The van der Waals surface area contributed by atoms with Crippen LogP contribution in [0.2, 0.25) is 5.02 Å². The van der Waals surface area contributed by atoms with E-state index in [0.29, 0.717) is 55.8 Å². The maximum atomic E-state index is 13.8. The minimum Gasteiger partial charge on any atom is -0.495 e. The maximum Gasteiger partial charge on any atom is 0.347 e. The molecule has 1 fully saturated rings. The second-order valence-corrected chi connectivity index (χ2v) is 23.1. The molecule has 2 aromatic rings. The van der Waals surface area contributed by atoms with Gasteiger partial charge in [-0.25, -0.2) is 4.79 Å². The second kappa shape index (κ2) is 38.0. The predicted octanol–water partition coefficient (Wildman–Crippen LogP) is 4.64. The van der Waals surface area contributed by atoms with E-state index in [1.54, 1.807) is 53.0 Å². The van der Waals surface area contributed by atoms with Crippen molar-refractivity contribution in [3.05, 3.63) is 64.2 Å². The molecule has 24 nitrogen and oxygen atoms in total. The molecule has 3 rings (SSSR count). The van der Waals surface area contributed by atoms with Crippen molar-refractivity contribution in [2.45, 2.75) is 157 Å². The normalized spacial score (nSPS) is 15.9. The minimum absolute atomic E-state index is 0.0441. The molecule has 0 saturated carbocycles. The van der Waals surface area contributed by atoms with Gasteiger partial charge in [0, 0.05) is 59.0 Å². The number of aliphatic carboxylic acids is 1. The first-order valence-corrected chi connectivity index (χ1v) is 29.7. The Hall–Kier alpha value is -6.44. The van der Waals surface area contributed by atoms with Gasteiger partial charge in [-0.2, -0.15) is 0 Å². The monoisotopic (exact) mass is 1230 g/mol. The van der Waals surface area contributed by atoms with Gasteiger partial charge in [0.15, 0.2) is 6.10 Å². The Balaban J connectivity index is 1.49.